The summed E-state index contributed by atoms with van der Waals surface area (Å²) in [5.74, 6) is 0. The highest BCUT2D eigenvalue weighted by molar-refractivity contribution is 6.50. The summed E-state index contributed by atoms with van der Waals surface area (Å²) in [6.07, 6.45) is 1.93. The zero-order valence-corrected chi connectivity index (χ0v) is 12.3. The van der Waals surface area contributed by atoms with E-state index in [0.29, 0.717) is 6.73 Å². The lowest BCUT2D eigenvalue weighted by molar-refractivity contribution is -0.464. The van der Waals surface area contributed by atoms with E-state index in [1.807, 2.05) is 61.2 Å². The van der Waals surface area contributed by atoms with E-state index >= 15 is 0 Å². The molecule has 2 rings (SSSR count). The first-order chi connectivity index (χ1) is 10.2. The lowest BCUT2D eigenvalue weighted by Gasteiger charge is -2.08. The highest BCUT2D eigenvalue weighted by Gasteiger charge is 2.20. The molecule has 0 N–H and O–H groups in total. The van der Waals surface area contributed by atoms with Crippen LogP contribution in [0.5, 0.6) is 0 Å². The Labute approximate surface area is 124 Å². The number of rotatable bonds is 4. The number of para-hydroxylation sites is 1. The van der Waals surface area contributed by atoms with Crippen molar-refractivity contribution in [3.05, 3.63) is 24.3 Å². The second-order valence-electron chi connectivity index (χ2n) is 4.54. The van der Waals surface area contributed by atoms with Crippen LogP contribution in [-0.4, -0.2) is 66.1 Å². The molecule has 11 heteroatoms. The largest absolute Gasteiger partial charge is 0.673 e. The minimum Gasteiger partial charge on any atom is -0.418 e. The zero-order chi connectivity index (χ0) is 16.8. The summed E-state index contributed by atoms with van der Waals surface area (Å²) in [6.45, 7) is 0.408. The molecule has 1 heterocycles. The second kappa shape index (κ2) is 7.62. The zero-order valence-electron chi connectivity index (χ0n) is 12.3. The summed E-state index contributed by atoms with van der Waals surface area (Å²) < 4.78 is 40.9. The van der Waals surface area contributed by atoms with Crippen molar-refractivity contribution in [1.82, 2.24) is 20.1 Å². The van der Waals surface area contributed by atoms with E-state index in [-0.39, 0.29) is 0 Å². The first kappa shape index (κ1) is 17.7. The van der Waals surface area contributed by atoms with Gasteiger partial charge in [-0.05, 0) is 17.3 Å². The van der Waals surface area contributed by atoms with Crippen molar-refractivity contribution < 1.29 is 26.7 Å². The molecule has 0 fully saturated rings. The molecule has 0 bridgehead atoms. The third kappa shape index (κ3) is 6.91. The quantitative estimate of drug-likeness (QED) is 0.213. The van der Waals surface area contributed by atoms with E-state index in [9.17, 15) is 17.3 Å². The lowest BCUT2D eigenvalue weighted by Crippen LogP contribution is -2.30. The average molecular weight is 321 g/mol. The van der Waals surface area contributed by atoms with E-state index in [0.717, 1.165) is 11.0 Å². The number of hydrogen-bond donors (Lipinski definition) is 0. The molecule has 122 valence electrons. The first-order valence-corrected chi connectivity index (χ1v) is 6.19. The smallest absolute Gasteiger partial charge is 0.418 e. The van der Waals surface area contributed by atoms with Crippen LogP contribution in [0.1, 0.15) is 0 Å². The van der Waals surface area contributed by atoms with E-state index in [1.54, 1.807) is 0 Å². The Morgan fingerprint density at radius 2 is 1.86 bits per heavy atom. The molecule has 2 aromatic rings. The monoisotopic (exact) mass is 321 g/mol. The SMILES string of the molecule is CN(C=[N+](C)C)COn1nnc2ccccc21.F[B-](F)(F)F. The molecule has 0 aliphatic carbocycles. The molecular weight excluding hydrogens is 305 g/mol. The topological polar surface area (TPSA) is 46.2 Å². The fourth-order valence-electron chi connectivity index (χ4n) is 1.52. The van der Waals surface area contributed by atoms with Gasteiger partial charge in [0.05, 0.1) is 21.1 Å². The van der Waals surface area contributed by atoms with Gasteiger partial charge in [-0.25, -0.2) is 4.90 Å². The predicted octanol–water partition coefficient (Wildman–Crippen LogP) is 1.35. The van der Waals surface area contributed by atoms with Crippen LogP contribution in [0.4, 0.5) is 17.3 Å². The van der Waals surface area contributed by atoms with Crippen molar-refractivity contribution in [1.29, 1.82) is 0 Å². The molecule has 0 atom stereocenters. The van der Waals surface area contributed by atoms with Crippen molar-refractivity contribution in [3.63, 3.8) is 0 Å². The lowest BCUT2D eigenvalue weighted by atomic mass is 10.3. The third-order valence-corrected chi connectivity index (χ3v) is 2.13. The highest BCUT2D eigenvalue weighted by atomic mass is 19.5. The molecule has 6 nitrogen and oxygen atoms in total. The van der Waals surface area contributed by atoms with E-state index in [2.05, 4.69) is 10.3 Å². The number of fused-ring (bicyclic) bond motifs is 1. The van der Waals surface area contributed by atoms with Gasteiger partial charge in [-0.1, -0.05) is 17.0 Å². The Morgan fingerprint density at radius 3 is 2.45 bits per heavy atom. The molecule has 0 aliphatic heterocycles. The molecule has 1 aromatic heterocycles. The number of halogens is 4. The van der Waals surface area contributed by atoms with Crippen molar-refractivity contribution in [3.8, 4) is 0 Å². The summed E-state index contributed by atoms with van der Waals surface area (Å²) >= 11 is 0. The van der Waals surface area contributed by atoms with Gasteiger partial charge >= 0.3 is 7.25 Å². The van der Waals surface area contributed by atoms with Gasteiger partial charge < -0.3 is 22.1 Å². The van der Waals surface area contributed by atoms with Crippen LogP contribution in [-0.2, 0) is 0 Å². The Kier molecular flexibility index (Phi) is 6.14. The Bertz CT molecular complexity index is 620. The third-order valence-electron chi connectivity index (χ3n) is 2.13. The molecule has 0 aliphatic rings. The molecule has 0 spiro atoms. The van der Waals surface area contributed by atoms with Crippen molar-refractivity contribution in [2.45, 2.75) is 0 Å². The van der Waals surface area contributed by atoms with E-state index in [1.165, 1.54) is 4.85 Å². The predicted molar refractivity (Wildman–Crippen MR) is 75.1 cm³/mol. The van der Waals surface area contributed by atoms with E-state index in [4.69, 9.17) is 4.84 Å². The van der Waals surface area contributed by atoms with Crippen molar-refractivity contribution >= 4 is 24.6 Å². The van der Waals surface area contributed by atoms with Crippen LogP contribution in [0, 0.1) is 0 Å². The van der Waals surface area contributed by atoms with Crippen LogP contribution in [0.3, 0.4) is 0 Å². The fraction of sp³-hybridized carbons (Fsp3) is 0.364. The average Bonchev–Trinajstić information content (AvgIpc) is 2.77. The summed E-state index contributed by atoms with van der Waals surface area (Å²) in [5, 5.41) is 7.94. The number of aromatic nitrogens is 3. The summed E-state index contributed by atoms with van der Waals surface area (Å²) in [6, 6.07) is 7.68. The van der Waals surface area contributed by atoms with Crippen LogP contribution in [0.25, 0.3) is 11.0 Å². The van der Waals surface area contributed by atoms with E-state index < -0.39 is 7.25 Å². The molecule has 0 saturated heterocycles. The van der Waals surface area contributed by atoms with Gasteiger partial charge in [0.1, 0.15) is 11.0 Å². The Balaban J connectivity index is 0.000000422. The minimum atomic E-state index is -6.00. The Morgan fingerprint density at radius 1 is 1.27 bits per heavy atom. The maximum atomic E-state index is 9.75. The van der Waals surface area contributed by atoms with Crippen molar-refractivity contribution in [2.24, 2.45) is 0 Å². The van der Waals surface area contributed by atoms with Gasteiger partial charge in [0.15, 0.2) is 0 Å². The van der Waals surface area contributed by atoms with Gasteiger partial charge in [0, 0.05) is 0 Å². The van der Waals surface area contributed by atoms with Gasteiger partial charge in [0.25, 0.3) is 6.73 Å². The number of nitrogens with zero attached hydrogens (tertiary/aromatic N) is 5. The molecular formula is C11H16BF4N5O. The highest BCUT2D eigenvalue weighted by Crippen LogP contribution is 2.08. The summed E-state index contributed by atoms with van der Waals surface area (Å²) in [5.41, 5.74) is 1.69. The van der Waals surface area contributed by atoms with Crippen LogP contribution in [0.2, 0.25) is 0 Å². The second-order valence-corrected chi connectivity index (χ2v) is 4.54. The minimum absolute atomic E-state index is 0.408. The molecule has 0 unspecified atom stereocenters. The van der Waals surface area contributed by atoms with Crippen LogP contribution < -0.4 is 4.84 Å². The maximum Gasteiger partial charge on any atom is 0.673 e. The number of hydrogen-bond acceptors (Lipinski definition) is 3. The van der Waals surface area contributed by atoms with Gasteiger partial charge in [0.2, 0.25) is 6.34 Å². The molecule has 22 heavy (non-hydrogen) atoms. The van der Waals surface area contributed by atoms with Gasteiger partial charge in [-0.15, -0.1) is 5.10 Å². The summed E-state index contributed by atoms with van der Waals surface area (Å²) in [4.78, 5) is 8.89. The summed E-state index contributed by atoms with van der Waals surface area (Å²) in [7, 11) is -0.151. The van der Waals surface area contributed by atoms with Crippen LogP contribution in [0.15, 0.2) is 24.3 Å². The van der Waals surface area contributed by atoms with Crippen LogP contribution >= 0.6 is 0 Å². The molecule has 0 radical (unpaired) electrons. The molecule has 0 amide bonds. The van der Waals surface area contributed by atoms with Gasteiger partial charge in [-0.3, -0.25) is 4.58 Å². The number of benzene rings is 1. The molecule has 0 saturated carbocycles. The normalized spacial score (nSPS) is 10.7. The van der Waals surface area contributed by atoms with Crippen molar-refractivity contribution in [2.75, 3.05) is 27.9 Å². The first-order valence-electron chi connectivity index (χ1n) is 6.19. The fourth-order valence-corrected chi connectivity index (χ4v) is 1.52. The standard InChI is InChI=1S/C11H16N5O.BF4/c1-14(2)8-15(3)9-17-16-11-7-5-4-6-10(11)12-13-16;2-1(3,4)5/h4-8H,9H2,1-3H3;/q+1;-1. The maximum absolute atomic E-state index is 9.75. The Hall–Kier alpha value is -2.33. The molecule has 1 aromatic carbocycles. The van der Waals surface area contributed by atoms with Gasteiger partial charge in [-0.2, -0.15) is 0 Å².